The first kappa shape index (κ1) is 15.8. The lowest BCUT2D eigenvalue weighted by molar-refractivity contribution is -0.148. The van der Waals surface area contributed by atoms with Gasteiger partial charge in [0.2, 0.25) is 0 Å². The Labute approximate surface area is 123 Å². The molecule has 0 aromatic rings. The highest BCUT2D eigenvalue weighted by atomic mass is 16.5. The fraction of sp³-hybridized carbons (Fsp3) is 0.938. The van der Waals surface area contributed by atoms with Crippen molar-refractivity contribution in [2.45, 2.75) is 51.5 Å². The van der Waals surface area contributed by atoms with Gasteiger partial charge in [0.1, 0.15) is 5.54 Å². The van der Waals surface area contributed by atoms with Crippen LogP contribution in [0.2, 0.25) is 0 Å². The van der Waals surface area contributed by atoms with Crippen LogP contribution in [-0.4, -0.2) is 49.7 Å². The highest BCUT2D eigenvalue weighted by molar-refractivity contribution is 5.80. The Kier molecular flexibility index (Phi) is 5.44. The largest absolute Gasteiger partial charge is 0.468 e. The first-order valence-corrected chi connectivity index (χ1v) is 8.15. The van der Waals surface area contributed by atoms with E-state index in [-0.39, 0.29) is 5.97 Å². The summed E-state index contributed by atoms with van der Waals surface area (Å²) in [4.78, 5) is 14.5. The van der Waals surface area contributed by atoms with Crippen LogP contribution < -0.4 is 5.32 Å². The minimum absolute atomic E-state index is 0.141. The number of carbonyl (C=O) groups excluding carboxylic acids is 1. The third-order valence-corrected chi connectivity index (χ3v) is 5.16. The topological polar surface area (TPSA) is 41.6 Å². The van der Waals surface area contributed by atoms with E-state index in [1.165, 1.54) is 39.5 Å². The maximum Gasteiger partial charge on any atom is 0.325 e. The van der Waals surface area contributed by atoms with Gasteiger partial charge >= 0.3 is 5.97 Å². The summed E-state index contributed by atoms with van der Waals surface area (Å²) in [5.74, 6) is 1.77. The van der Waals surface area contributed by atoms with E-state index in [4.69, 9.17) is 4.74 Å². The molecule has 1 saturated heterocycles. The third kappa shape index (κ3) is 3.53. The molecule has 1 saturated carbocycles. The second kappa shape index (κ2) is 6.90. The van der Waals surface area contributed by atoms with E-state index < -0.39 is 5.54 Å². The second-order valence-electron chi connectivity index (χ2n) is 6.67. The molecular formula is C16H30N2O2. The van der Waals surface area contributed by atoms with E-state index in [1.807, 2.05) is 13.8 Å². The van der Waals surface area contributed by atoms with Crippen molar-refractivity contribution in [2.24, 2.45) is 11.8 Å². The minimum Gasteiger partial charge on any atom is -0.468 e. The van der Waals surface area contributed by atoms with Crippen molar-refractivity contribution in [3.05, 3.63) is 0 Å². The number of likely N-dealkylation sites (N-methyl/N-ethyl adjacent to an activating group) is 1. The SMILES string of the molecule is CCNC(C)(CCCN1CC2CCCC2C1)C(=O)OC. The number of nitrogens with zero attached hydrogens (tertiary/aromatic N) is 1. The van der Waals surface area contributed by atoms with Gasteiger partial charge in [0.05, 0.1) is 7.11 Å². The molecule has 0 amide bonds. The lowest BCUT2D eigenvalue weighted by Crippen LogP contribution is -2.50. The highest BCUT2D eigenvalue weighted by Gasteiger charge is 2.37. The van der Waals surface area contributed by atoms with Crippen molar-refractivity contribution in [1.29, 1.82) is 0 Å². The number of likely N-dealkylation sites (tertiary alicyclic amines) is 1. The van der Waals surface area contributed by atoms with Crippen LogP contribution in [0.5, 0.6) is 0 Å². The van der Waals surface area contributed by atoms with Crippen LogP contribution >= 0.6 is 0 Å². The zero-order valence-corrected chi connectivity index (χ0v) is 13.3. The molecule has 0 radical (unpaired) electrons. The molecule has 2 aliphatic rings. The Morgan fingerprint density at radius 2 is 2.00 bits per heavy atom. The number of hydrogen-bond acceptors (Lipinski definition) is 4. The fourth-order valence-corrected chi connectivity index (χ4v) is 4.05. The lowest BCUT2D eigenvalue weighted by atomic mass is 9.95. The first-order valence-electron chi connectivity index (χ1n) is 8.15. The van der Waals surface area contributed by atoms with E-state index in [9.17, 15) is 4.79 Å². The van der Waals surface area contributed by atoms with E-state index in [1.54, 1.807) is 0 Å². The van der Waals surface area contributed by atoms with Crippen LogP contribution in [0.15, 0.2) is 0 Å². The number of esters is 1. The molecule has 3 atom stereocenters. The van der Waals surface area contributed by atoms with E-state index >= 15 is 0 Å². The molecule has 20 heavy (non-hydrogen) atoms. The summed E-state index contributed by atoms with van der Waals surface area (Å²) in [6, 6.07) is 0. The van der Waals surface area contributed by atoms with Gasteiger partial charge in [-0.3, -0.25) is 4.79 Å². The average molecular weight is 282 g/mol. The zero-order valence-electron chi connectivity index (χ0n) is 13.3. The maximum atomic E-state index is 11.9. The summed E-state index contributed by atoms with van der Waals surface area (Å²) in [5, 5.41) is 3.28. The van der Waals surface area contributed by atoms with Crippen LogP contribution in [0, 0.1) is 11.8 Å². The van der Waals surface area contributed by atoms with E-state index in [0.29, 0.717) is 0 Å². The van der Waals surface area contributed by atoms with Crippen molar-refractivity contribution in [3.8, 4) is 0 Å². The average Bonchev–Trinajstić information content (AvgIpc) is 2.99. The minimum atomic E-state index is -0.529. The van der Waals surface area contributed by atoms with Gasteiger partial charge in [0.25, 0.3) is 0 Å². The number of ether oxygens (including phenoxy) is 1. The van der Waals surface area contributed by atoms with Gasteiger partial charge in [-0.15, -0.1) is 0 Å². The predicted molar refractivity (Wildman–Crippen MR) is 80.6 cm³/mol. The monoisotopic (exact) mass is 282 g/mol. The van der Waals surface area contributed by atoms with E-state index in [2.05, 4.69) is 10.2 Å². The zero-order chi connectivity index (χ0) is 14.6. The van der Waals surface area contributed by atoms with Gasteiger partial charge < -0.3 is 15.0 Å². The van der Waals surface area contributed by atoms with Crippen molar-refractivity contribution < 1.29 is 9.53 Å². The third-order valence-electron chi connectivity index (χ3n) is 5.16. The van der Waals surface area contributed by atoms with Crippen molar-refractivity contribution in [1.82, 2.24) is 10.2 Å². The van der Waals surface area contributed by atoms with Crippen molar-refractivity contribution >= 4 is 5.97 Å². The quantitative estimate of drug-likeness (QED) is 0.726. The Bertz CT molecular complexity index is 322. The fourth-order valence-electron chi connectivity index (χ4n) is 4.05. The molecular weight excluding hydrogens is 252 g/mol. The lowest BCUT2D eigenvalue weighted by Gasteiger charge is -2.28. The van der Waals surface area contributed by atoms with Gasteiger partial charge in [-0.05, 0) is 57.5 Å². The molecule has 1 heterocycles. The number of rotatable bonds is 7. The summed E-state index contributed by atoms with van der Waals surface area (Å²) in [6.45, 7) is 8.45. The Balaban J connectivity index is 1.75. The number of nitrogens with one attached hydrogen (secondary N) is 1. The number of fused-ring (bicyclic) bond motifs is 1. The number of hydrogen-bond donors (Lipinski definition) is 1. The van der Waals surface area contributed by atoms with Crippen LogP contribution in [-0.2, 0) is 9.53 Å². The number of methoxy groups -OCH3 is 1. The Morgan fingerprint density at radius 1 is 1.35 bits per heavy atom. The van der Waals surface area contributed by atoms with Gasteiger partial charge in [0.15, 0.2) is 0 Å². The van der Waals surface area contributed by atoms with Crippen LogP contribution in [0.25, 0.3) is 0 Å². The molecule has 0 bridgehead atoms. The summed E-state index contributed by atoms with van der Waals surface area (Å²) >= 11 is 0. The first-order chi connectivity index (χ1) is 9.59. The molecule has 116 valence electrons. The molecule has 1 aliphatic heterocycles. The number of carbonyl (C=O) groups is 1. The van der Waals surface area contributed by atoms with Crippen molar-refractivity contribution in [3.63, 3.8) is 0 Å². The predicted octanol–water partition coefficient (Wildman–Crippen LogP) is 2.04. The molecule has 3 unspecified atom stereocenters. The molecule has 1 aliphatic carbocycles. The molecule has 2 fully saturated rings. The summed E-state index contributed by atoms with van der Waals surface area (Å²) in [6.07, 6.45) is 6.19. The standard InChI is InChI=1S/C16H30N2O2/c1-4-17-16(2,15(19)20-3)9-6-10-18-11-13-7-5-8-14(13)12-18/h13-14,17H,4-12H2,1-3H3. The smallest absolute Gasteiger partial charge is 0.325 e. The highest BCUT2D eigenvalue weighted by Crippen LogP contribution is 2.37. The summed E-state index contributed by atoms with van der Waals surface area (Å²) in [5.41, 5.74) is -0.529. The van der Waals surface area contributed by atoms with Crippen molar-refractivity contribution in [2.75, 3.05) is 33.3 Å². The molecule has 4 heteroatoms. The Morgan fingerprint density at radius 3 is 2.55 bits per heavy atom. The van der Waals surface area contributed by atoms with E-state index in [0.717, 1.165) is 37.8 Å². The molecule has 1 N–H and O–H groups in total. The summed E-state index contributed by atoms with van der Waals surface area (Å²) < 4.78 is 4.94. The normalized spacial score (nSPS) is 29.1. The molecule has 0 aromatic heterocycles. The maximum absolute atomic E-state index is 11.9. The molecule has 4 nitrogen and oxygen atoms in total. The molecule has 0 aromatic carbocycles. The Hall–Kier alpha value is -0.610. The molecule has 0 spiro atoms. The van der Waals surface area contributed by atoms with Crippen LogP contribution in [0.1, 0.15) is 46.0 Å². The summed E-state index contributed by atoms with van der Waals surface area (Å²) in [7, 11) is 1.47. The van der Waals surface area contributed by atoms with Crippen LogP contribution in [0.4, 0.5) is 0 Å². The van der Waals surface area contributed by atoms with Gasteiger partial charge in [0, 0.05) is 13.1 Å². The van der Waals surface area contributed by atoms with Gasteiger partial charge in [-0.2, -0.15) is 0 Å². The van der Waals surface area contributed by atoms with Gasteiger partial charge in [-0.25, -0.2) is 0 Å². The molecule has 2 rings (SSSR count). The van der Waals surface area contributed by atoms with Crippen LogP contribution in [0.3, 0.4) is 0 Å². The second-order valence-corrected chi connectivity index (χ2v) is 6.67. The van der Waals surface area contributed by atoms with Gasteiger partial charge in [-0.1, -0.05) is 13.3 Å².